The molecule has 0 saturated heterocycles. The van der Waals surface area contributed by atoms with Crippen molar-refractivity contribution < 1.29 is 33.3 Å². The van der Waals surface area contributed by atoms with E-state index in [1.807, 2.05) is 30.3 Å². The molecular formula is C29H28N2O7. The third-order valence-electron chi connectivity index (χ3n) is 5.81. The highest BCUT2D eigenvalue weighted by atomic mass is 16.6. The molecule has 9 nitrogen and oxygen atoms in total. The number of ether oxygens (including phenoxy) is 3. The van der Waals surface area contributed by atoms with E-state index in [4.69, 9.17) is 18.6 Å². The van der Waals surface area contributed by atoms with Gasteiger partial charge < -0.3 is 23.7 Å². The maximum Gasteiger partial charge on any atom is 0.416 e. The van der Waals surface area contributed by atoms with Gasteiger partial charge in [0.2, 0.25) is 5.89 Å². The number of carbonyl (C=O) groups excluding carboxylic acids is 1. The molecule has 0 aliphatic carbocycles. The fourth-order valence-electron chi connectivity index (χ4n) is 3.76. The molecule has 1 aromatic heterocycles. The molecule has 4 rings (SSSR count). The number of carbonyl (C=O) groups is 2. The summed E-state index contributed by atoms with van der Waals surface area (Å²) in [4.78, 5) is 30.1. The van der Waals surface area contributed by atoms with Gasteiger partial charge in [0, 0.05) is 12.0 Å². The summed E-state index contributed by atoms with van der Waals surface area (Å²) >= 11 is 0. The van der Waals surface area contributed by atoms with Crippen LogP contribution in [0.25, 0.3) is 11.5 Å². The Labute approximate surface area is 220 Å². The molecule has 9 heteroatoms. The number of amides is 1. The number of methoxy groups -OCH3 is 1. The molecule has 1 N–H and O–H groups in total. The summed E-state index contributed by atoms with van der Waals surface area (Å²) < 4.78 is 22.0. The van der Waals surface area contributed by atoms with Crippen molar-refractivity contribution in [2.75, 3.05) is 20.3 Å². The van der Waals surface area contributed by atoms with Gasteiger partial charge in [0.25, 0.3) is 0 Å². The third kappa shape index (κ3) is 6.91. The fourth-order valence-corrected chi connectivity index (χ4v) is 3.76. The number of oxazole rings is 1. The highest BCUT2D eigenvalue weighted by Crippen LogP contribution is 2.26. The zero-order valence-electron chi connectivity index (χ0n) is 21.1. The number of rotatable bonds is 11. The average Bonchev–Trinajstić information content (AvgIpc) is 3.41. The topological polar surface area (TPSA) is 111 Å². The predicted octanol–water partition coefficient (Wildman–Crippen LogP) is 5.62. The second-order valence-electron chi connectivity index (χ2n) is 8.42. The van der Waals surface area contributed by atoms with Gasteiger partial charge in [-0.05, 0) is 61.0 Å². The standard InChI is InChI=1S/C29H28N2O7/c1-20(31(18-27(32)33)29(34)38-25-13-11-24(35-2)12-14-25)22-9-6-10-26(17-22)36-16-15-23-19-37-28(30-23)21-7-4-3-5-8-21/h3-14,17,19-20H,15-16,18H2,1-2H3,(H,32,33)/t20-/m0/s1. The third-order valence-corrected chi connectivity index (χ3v) is 5.81. The number of nitrogens with zero attached hydrogens (tertiary/aromatic N) is 2. The normalized spacial score (nSPS) is 11.4. The Morgan fingerprint density at radius 3 is 2.42 bits per heavy atom. The summed E-state index contributed by atoms with van der Waals surface area (Å²) in [6, 6.07) is 22.7. The van der Waals surface area contributed by atoms with Gasteiger partial charge >= 0.3 is 12.1 Å². The van der Waals surface area contributed by atoms with Crippen molar-refractivity contribution in [3.05, 3.63) is 96.4 Å². The second-order valence-corrected chi connectivity index (χ2v) is 8.42. The number of hydrogen-bond donors (Lipinski definition) is 1. The van der Waals surface area contributed by atoms with Crippen molar-refractivity contribution in [3.63, 3.8) is 0 Å². The van der Waals surface area contributed by atoms with Crippen molar-refractivity contribution in [1.82, 2.24) is 9.88 Å². The lowest BCUT2D eigenvalue weighted by molar-refractivity contribution is -0.138. The minimum atomic E-state index is -1.15. The Morgan fingerprint density at radius 1 is 0.974 bits per heavy atom. The van der Waals surface area contributed by atoms with Crippen LogP contribution >= 0.6 is 0 Å². The van der Waals surface area contributed by atoms with E-state index in [2.05, 4.69) is 4.98 Å². The average molecular weight is 517 g/mol. The predicted molar refractivity (Wildman–Crippen MR) is 139 cm³/mol. The molecule has 38 heavy (non-hydrogen) atoms. The first-order valence-electron chi connectivity index (χ1n) is 12.0. The van der Waals surface area contributed by atoms with E-state index in [1.165, 1.54) is 7.11 Å². The van der Waals surface area contributed by atoms with Gasteiger partial charge in [-0.25, -0.2) is 9.78 Å². The number of aliphatic carboxylic acids is 1. The zero-order chi connectivity index (χ0) is 26.9. The molecule has 0 aliphatic heterocycles. The first kappa shape index (κ1) is 26.3. The first-order valence-corrected chi connectivity index (χ1v) is 12.0. The Kier molecular flexibility index (Phi) is 8.61. The molecule has 1 amide bonds. The lowest BCUT2D eigenvalue weighted by Gasteiger charge is -2.27. The molecule has 0 spiro atoms. The van der Waals surface area contributed by atoms with Crippen LogP contribution in [0.1, 0.15) is 24.2 Å². The van der Waals surface area contributed by atoms with E-state index in [1.54, 1.807) is 61.7 Å². The summed E-state index contributed by atoms with van der Waals surface area (Å²) in [7, 11) is 1.53. The molecule has 0 saturated carbocycles. The van der Waals surface area contributed by atoms with Crippen LogP contribution in [-0.4, -0.2) is 47.3 Å². The summed E-state index contributed by atoms with van der Waals surface area (Å²) in [6.07, 6.45) is 1.37. The van der Waals surface area contributed by atoms with E-state index >= 15 is 0 Å². The van der Waals surface area contributed by atoms with E-state index in [9.17, 15) is 14.7 Å². The van der Waals surface area contributed by atoms with Crippen LogP contribution < -0.4 is 14.2 Å². The van der Waals surface area contributed by atoms with Crippen molar-refractivity contribution in [3.8, 4) is 28.7 Å². The smallest absolute Gasteiger partial charge is 0.416 e. The first-order chi connectivity index (χ1) is 18.4. The second kappa shape index (κ2) is 12.4. The lowest BCUT2D eigenvalue weighted by Crippen LogP contribution is -2.39. The molecule has 1 atom stereocenters. The van der Waals surface area contributed by atoms with Gasteiger partial charge in [0.15, 0.2) is 0 Å². The highest BCUT2D eigenvalue weighted by molar-refractivity contribution is 5.78. The van der Waals surface area contributed by atoms with Gasteiger partial charge in [-0.1, -0.05) is 30.3 Å². The lowest BCUT2D eigenvalue weighted by atomic mass is 10.1. The Balaban J connectivity index is 1.39. The number of carboxylic acid groups (broad SMARTS) is 1. The molecule has 0 bridgehead atoms. The van der Waals surface area contributed by atoms with Crippen molar-refractivity contribution >= 4 is 12.1 Å². The van der Waals surface area contributed by atoms with Gasteiger partial charge in [-0.15, -0.1) is 0 Å². The summed E-state index contributed by atoms with van der Waals surface area (Å²) in [5.74, 6) is 0.867. The maximum atomic E-state index is 12.9. The zero-order valence-corrected chi connectivity index (χ0v) is 21.1. The number of aromatic nitrogens is 1. The maximum absolute atomic E-state index is 12.9. The summed E-state index contributed by atoms with van der Waals surface area (Å²) in [6.45, 7) is 1.56. The molecule has 0 unspecified atom stereocenters. The van der Waals surface area contributed by atoms with Crippen molar-refractivity contribution in [2.45, 2.75) is 19.4 Å². The minimum absolute atomic E-state index is 0.277. The van der Waals surface area contributed by atoms with Crippen LogP contribution in [0.2, 0.25) is 0 Å². The van der Waals surface area contributed by atoms with Crippen LogP contribution in [-0.2, 0) is 11.2 Å². The largest absolute Gasteiger partial charge is 0.497 e. The minimum Gasteiger partial charge on any atom is -0.497 e. The van der Waals surface area contributed by atoms with Gasteiger partial charge in [0.1, 0.15) is 30.1 Å². The van der Waals surface area contributed by atoms with E-state index in [-0.39, 0.29) is 5.75 Å². The number of hydrogen-bond acceptors (Lipinski definition) is 7. The fraction of sp³-hybridized carbons (Fsp3) is 0.207. The van der Waals surface area contributed by atoms with Crippen molar-refractivity contribution in [2.24, 2.45) is 0 Å². The molecule has 0 fully saturated rings. The van der Waals surface area contributed by atoms with Crippen LogP contribution in [0.3, 0.4) is 0 Å². The van der Waals surface area contributed by atoms with Crippen LogP contribution in [0, 0.1) is 0 Å². The molecule has 0 radical (unpaired) electrons. The molecule has 4 aromatic rings. The summed E-state index contributed by atoms with van der Waals surface area (Å²) in [5.41, 5.74) is 2.36. The van der Waals surface area contributed by atoms with Gasteiger partial charge in [-0.2, -0.15) is 0 Å². The van der Waals surface area contributed by atoms with Crippen molar-refractivity contribution in [1.29, 1.82) is 0 Å². The molecule has 0 aliphatic rings. The highest BCUT2D eigenvalue weighted by Gasteiger charge is 2.26. The molecule has 1 heterocycles. The van der Waals surface area contributed by atoms with Gasteiger partial charge in [0.05, 0.1) is 25.5 Å². The van der Waals surface area contributed by atoms with Crippen LogP contribution in [0.4, 0.5) is 4.79 Å². The SMILES string of the molecule is COc1ccc(OC(=O)N(CC(=O)O)[C@@H](C)c2cccc(OCCc3coc(-c4ccccc4)n3)c2)cc1. The monoisotopic (exact) mass is 516 g/mol. The Bertz CT molecular complexity index is 1350. The number of benzene rings is 3. The molecule has 196 valence electrons. The number of carboxylic acids is 1. The quantitative estimate of drug-likeness (QED) is 0.274. The Hall–Kier alpha value is -4.79. The Morgan fingerprint density at radius 2 is 1.71 bits per heavy atom. The van der Waals surface area contributed by atoms with E-state index in [0.29, 0.717) is 36.0 Å². The summed E-state index contributed by atoms with van der Waals surface area (Å²) in [5, 5.41) is 9.41. The molecule has 3 aromatic carbocycles. The van der Waals surface area contributed by atoms with Crippen LogP contribution in [0.5, 0.6) is 17.2 Å². The van der Waals surface area contributed by atoms with E-state index in [0.717, 1.165) is 16.2 Å². The van der Waals surface area contributed by atoms with Crippen LogP contribution in [0.15, 0.2) is 89.5 Å². The van der Waals surface area contributed by atoms with Gasteiger partial charge in [-0.3, -0.25) is 9.69 Å². The van der Waals surface area contributed by atoms with E-state index < -0.39 is 24.6 Å². The molecular weight excluding hydrogens is 488 g/mol.